The lowest BCUT2D eigenvalue weighted by Gasteiger charge is -2.05. The number of aryl methyl sites for hydroxylation is 1. The summed E-state index contributed by atoms with van der Waals surface area (Å²) in [6, 6.07) is 0. The molecule has 0 atom stereocenters. The average molecular weight is 230 g/mol. The van der Waals surface area contributed by atoms with Gasteiger partial charge in [-0.1, -0.05) is 0 Å². The summed E-state index contributed by atoms with van der Waals surface area (Å²) in [5.74, 6) is 0.734. The molecule has 0 aliphatic rings. The van der Waals surface area contributed by atoms with Crippen molar-refractivity contribution in [2.75, 3.05) is 5.32 Å². The van der Waals surface area contributed by atoms with Gasteiger partial charge in [0.25, 0.3) is 0 Å². The van der Waals surface area contributed by atoms with E-state index in [1.54, 1.807) is 17.1 Å². The molecule has 7 nitrogen and oxygen atoms in total. The Morgan fingerprint density at radius 3 is 3.12 bits per heavy atom. The van der Waals surface area contributed by atoms with Gasteiger partial charge in [0.15, 0.2) is 12.2 Å². The first-order valence-corrected chi connectivity index (χ1v) is 5.08. The molecular weight excluding hydrogens is 220 g/mol. The van der Waals surface area contributed by atoms with E-state index in [9.17, 15) is 0 Å². The topological polar surface area (TPSA) is 81.7 Å². The maximum atomic E-state index is 4.90. The maximum Gasteiger partial charge on any atom is 0.180 e. The van der Waals surface area contributed by atoms with Gasteiger partial charge in [0.1, 0.15) is 23.6 Å². The summed E-state index contributed by atoms with van der Waals surface area (Å²) in [6.07, 6.45) is 6.21. The molecule has 0 bridgehead atoms. The van der Waals surface area contributed by atoms with Crippen LogP contribution >= 0.6 is 0 Å². The van der Waals surface area contributed by atoms with Gasteiger partial charge in [-0.3, -0.25) is 4.68 Å². The second kappa shape index (κ2) is 3.85. The molecule has 0 aromatic carbocycles. The van der Waals surface area contributed by atoms with E-state index in [1.807, 2.05) is 7.05 Å². The molecular formula is C10H10N6O. The molecule has 0 amide bonds. The molecule has 1 N–H and O–H groups in total. The lowest BCUT2D eigenvalue weighted by Crippen LogP contribution is -2.04. The van der Waals surface area contributed by atoms with E-state index in [4.69, 9.17) is 4.42 Å². The summed E-state index contributed by atoms with van der Waals surface area (Å²) >= 11 is 0. The Labute approximate surface area is 96.5 Å². The molecule has 3 rings (SSSR count). The van der Waals surface area contributed by atoms with Gasteiger partial charge in [-0.05, 0) is 0 Å². The Hall–Kier alpha value is -2.44. The molecule has 0 saturated carbocycles. The van der Waals surface area contributed by atoms with Gasteiger partial charge >= 0.3 is 0 Å². The predicted molar refractivity (Wildman–Crippen MR) is 60.1 cm³/mol. The largest absolute Gasteiger partial charge is 0.451 e. The zero-order chi connectivity index (χ0) is 11.7. The smallest absolute Gasteiger partial charge is 0.180 e. The molecule has 3 aromatic heterocycles. The number of hydrogen-bond donors (Lipinski definition) is 1. The lowest BCUT2D eigenvalue weighted by atomic mass is 10.4. The van der Waals surface area contributed by atoms with Gasteiger partial charge in [0.2, 0.25) is 0 Å². The van der Waals surface area contributed by atoms with Gasteiger partial charge in [-0.2, -0.15) is 5.10 Å². The number of fused-ring (bicyclic) bond motifs is 1. The lowest BCUT2D eigenvalue weighted by molar-refractivity contribution is 0.556. The SMILES string of the molecule is Cn1ncc2ncnc(NCc3cocn3)c21. The van der Waals surface area contributed by atoms with Crippen molar-refractivity contribution in [3.05, 3.63) is 30.9 Å². The highest BCUT2D eigenvalue weighted by molar-refractivity contribution is 5.84. The predicted octanol–water partition coefficient (Wildman–Crippen LogP) is 0.963. The standard InChI is InChI=1S/C10H10N6O/c1-16-9-8(3-15-16)12-5-13-10(9)11-2-7-4-17-6-14-7/h3-6H,2H2,1H3,(H,11,12,13). The van der Waals surface area contributed by atoms with E-state index in [0.717, 1.165) is 22.5 Å². The van der Waals surface area contributed by atoms with Crippen LogP contribution in [-0.4, -0.2) is 24.7 Å². The first-order chi connectivity index (χ1) is 8.34. The summed E-state index contributed by atoms with van der Waals surface area (Å²) in [7, 11) is 1.85. The summed E-state index contributed by atoms with van der Waals surface area (Å²) in [6.45, 7) is 0.549. The molecule has 17 heavy (non-hydrogen) atoms. The Balaban J connectivity index is 1.92. The van der Waals surface area contributed by atoms with Crippen LogP contribution in [0.15, 0.2) is 29.6 Å². The van der Waals surface area contributed by atoms with Crippen molar-refractivity contribution in [2.45, 2.75) is 6.54 Å². The van der Waals surface area contributed by atoms with Crippen LogP contribution < -0.4 is 5.32 Å². The van der Waals surface area contributed by atoms with Gasteiger partial charge in [-0.15, -0.1) is 0 Å². The van der Waals surface area contributed by atoms with Gasteiger partial charge in [0.05, 0.1) is 18.4 Å². The zero-order valence-electron chi connectivity index (χ0n) is 9.16. The zero-order valence-corrected chi connectivity index (χ0v) is 9.16. The van der Waals surface area contributed by atoms with Crippen LogP contribution in [0.3, 0.4) is 0 Å². The van der Waals surface area contributed by atoms with Crippen LogP contribution in [0.2, 0.25) is 0 Å². The second-order valence-electron chi connectivity index (χ2n) is 3.56. The van der Waals surface area contributed by atoms with E-state index >= 15 is 0 Å². The van der Waals surface area contributed by atoms with Crippen LogP contribution in [0.1, 0.15) is 5.69 Å². The summed E-state index contributed by atoms with van der Waals surface area (Å²) in [5, 5.41) is 7.32. The van der Waals surface area contributed by atoms with Gasteiger partial charge in [-0.25, -0.2) is 15.0 Å². The Kier molecular flexibility index (Phi) is 2.21. The fourth-order valence-electron chi connectivity index (χ4n) is 1.63. The van der Waals surface area contributed by atoms with Crippen LogP contribution in [0.5, 0.6) is 0 Å². The molecule has 3 aromatic rings. The second-order valence-corrected chi connectivity index (χ2v) is 3.56. The number of oxazole rings is 1. The highest BCUT2D eigenvalue weighted by Gasteiger charge is 2.08. The van der Waals surface area contributed by atoms with E-state index in [0.29, 0.717) is 6.54 Å². The number of nitrogens with zero attached hydrogens (tertiary/aromatic N) is 5. The third kappa shape index (κ3) is 1.71. The van der Waals surface area contributed by atoms with Crippen LogP contribution in [-0.2, 0) is 13.6 Å². The summed E-state index contributed by atoms with van der Waals surface area (Å²) in [4.78, 5) is 12.4. The van der Waals surface area contributed by atoms with Crippen molar-refractivity contribution < 1.29 is 4.42 Å². The number of hydrogen-bond acceptors (Lipinski definition) is 6. The third-order valence-electron chi connectivity index (χ3n) is 2.45. The minimum Gasteiger partial charge on any atom is -0.451 e. The fourth-order valence-corrected chi connectivity index (χ4v) is 1.63. The normalized spacial score (nSPS) is 10.9. The Morgan fingerprint density at radius 1 is 1.35 bits per heavy atom. The van der Waals surface area contributed by atoms with Crippen LogP contribution in [0.25, 0.3) is 11.0 Å². The van der Waals surface area contributed by atoms with Gasteiger partial charge in [0, 0.05) is 7.05 Å². The van der Waals surface area contributed by atoms with E-state index in [-0.39, 0.29) is 0 Å². The molecule has 86 valence electrons. The van der Waals surface area contributed by atoms with Gasteiger partial charge < -0.3 is 9.73 Å². The van der Waals surface area contributed by atoms with Crippen LogP contribution in [0.4, 0.5) is 5.82 Å². The molecule has 0 spiro atoms. The van der Waals surface area contributed by atoms with Crippen molar-refractivity contribution >= 4 is 16.9 Å². The molecule has 0 radical (unpaired) electrons. The van der Waals surface area contributed by atoms with Crippen molar-refractivity contribution in [3.8, 4) is 0 Å². The molecule has 0 aliphatic carbocycles. The molecule has 3 heterocycles. The monoisotopic (exact) mass is 230 g/mol. The Morgan fingerprint density at radius 2 is 2.29 bits per heavy atom. The first kappa shape index (κ1) is 9.76. The van der Waals surface area contributed by atoms with Crippen molar-refractivity contribution in [3.63, 3.8) is 0 Å². The van der Waals surface area contributed by atoms with Crippen molar-refractivity contribution in [1.82, 2.24) is 24.7 Å². The molecule has 0 unspecified atom stereocenters. The highest BCUT2D eigenvalue weighted by atomic mass is 16.3. The minimum atomic E-state index is 0.549. The molecule has 0 fully saturated rings. The molecule has 0 saturated heterocycles. The minimum absolute atomic E-state index is 0.549. The molecule has 0 aliphatic heterocycles. The highest BCUT2D eigenvalue weighted by Crippen LogP contribution is 2.17. The number of nitrogens with one attached hydrogen (secondary N) is 1. The number of aromatic nitrogens is 5. The first-order valence-electron chi connectivity index (χ1n) is 5.08. The number of anilines is 1. The fraction of sp³-hybridized carbons (Fsp3) is 0.200. The maximum absolute atomic E-state index is 4.90. The van der Waals surface area contributed by atoms with E-state index in [1.165, 1.54) is 12.7 Å². The van der Waals surface area contributed by atoms with Crippen molar-refractivity contribution in [1.29, 1.82) is 0 Å². The van der Waals surface area contributed by atoms with Crippen LogP contribution in [0, 0.1) is 0 Å². The summed E-state index contributed by atoms with van der Waals surface area (Å²) < 4.78 is 6.63. The van der Waals surface area contributed by atoms with E-state index in [2.05, 4.69) is 25.4 Å². The average Bonchev–Trinajstić information content (AvgIpc) is 2.97. The molecule has 7 heteroatoms. The number of rotatable bonds is 3. The summed E-state index contributed by atoms with van der Waals surface area (Å²) in [5.41, 5.74) is 2.50. The Bertz CT molecular complexity index is 629. The third-order valence-corrected chi connectivity index (χ3v) is 2.45. The van der Waals surface area contributed by atoms with E-state index < -0.39 is 0 Å². The van der Waals surface area contributed by atoms with Crippen molar-refractivity contribution in [2.24, 2.45) is 7.05 Å². The quantitative estimate of drug-likeness (QED) is 0.721.